The van der Waals surface area contributed by atoms with Crippen LogP contribution in [0.15, 0.2) is 54.9 Å². The predicted molar refractivity (Wildman–Crippen MR) is 78.1 cm³/mol. The minimum atomic E-state index is 0.751. The molecule has 3 rings (SSSR count). The van der Waals surface area contributed by atoms with Crippen molar-refractivity contribution in [1.82, 2.24) is 4.98 Å². The molecule has 2 aromatic carbocycles. The van der Waals surface area contributed by atoms with E-state index in [9.17, 15) is 0 Å². The Morgan fingerprint density at radius 3 is 2.79 bits per heavy atom. The lowest BCUT2D eigenvalue weighted by atomic mass is 10.0. The summed E-state index contributed by atoms with van der Waals surface area (Å²) in [5, 5.41) is 2.05. The number of nitrogen functional groups attached to an aromatic ring is 1. The van der Waals surface area contributed by atoms with E-state index in [1.807, 2.05) is 42.6 Å². The first-order chi connectivity index (χ1) is 9.29. The van der Waals surface area contributed by atoms with Crippen molar-refractivity contribution in [3.63, 3.8) is 0 Å². The van der Waals surface area contributed by atoms with E-state index in [-0.39, 0.29) is 0 Å². The normalized spacial score (nSPS) is 10.6. The van der Waals surface area contributed by atoms with E-state index >= 15 is 0 Å². The highest BCUT2D eigenvalue weighted by Gasteiger charge is 2.07. The Bertz CT molecular complexity index is 738. The van der Waals surface area contributed by atoms with Crippen LogP contribution < -0.4 is 10.5 Å². The molecular weight excluding hydrogens is 236 g/mol. The van der Waals surface area contributed by atoms with Crippen LogP contribution in [0, 0.1) is 0 Å². The van der Waals surface area contributed by atoms with Crippen molar-refractivity contribution in [3.8, 4) is 16.9 Å². The number of benzene rings is 2. The molecule has 94 valence electrons. The molecule has 2 N–H and O–H groups in total. The molecule has 0 radical (unpaired) electrons. The van der Waals surface area contributed by atoms with Crippen molar-refractivity contribution in [3.05, 3.63) is 54.9 Å². The summed E-state index contributed by atoms with van der Waals surface area (Å²) in [6.45, 7) is 0. The van der Waals surface area contributed by atoms with Crippen molar-refractivity contribution >= 4 is 16.5 Å². The van der Waals surface area contributed by atoms with Gasteiger partial charge < -0.3 is 10.5 Å². The summed E-state index contributed by atoms with van der Waals surface area (Å²) in [5.74, 6) is 0.838. The summed E-state index contributed by atoms with van der Waals surface area (Å²) >= 11 is 0. The highest BCUT2D eigenvalue weighted by atomic mass is 16.5. The first-order valence-corrected chi connectivity index (χ1v) is 6.06. The van der Waals surface area contributed by atoms with Crippen LogP contribution in [-0.2, 0) is 0 Å². The van der Waals surface area contributed by atoms with Gasteiger partial charge in [0.2, 0.25) is 0 Å². The number of rotatable bonds is 2. The molecule has 19 heavy (non-hydrogen) atoms. The van der Waals surface area contributed by atoms with Crippen LogP contribution in [0.4, 0.5) is 5.69 Å². The van der Waals surface area contributed by atoms with Gasteiger partial charge in [-0.1, -0.05) is 18.2 Å². The fraction of sp³-hybridized carbons (Fsp3) is 0.0625. The average Bonchev–Trinajstić information content (AvgIpc) is 2.47. The smallest absolute Gasteiger partial charge is 0.126 e. The third kappa shape index (κ3) is 1.99. The van der Waals surface area contributed by atoms with Gasteiger partial charge in [0.25, 0.3) is 0 Å². The lowest BCUT2D eigenvalue weighted by Crippen LogP contribution is -1.91. The highest BCUT2D eigenvalue weighted by molar-refractivity contribution is 5.96. The monoisotopic (exact) mass is 250 g/mol. The molecule has 1 heterocycles. The minimum Gasteiger partial charge on any atom is -0.496 e. The van der Waals surface area contributed by atoms with Crippen molar-refractivity contribution in [2.75, 3.05) is 12.8 Å². The summed E-state index contributed by atoms with van der Waals surface area (Å²) in [5.41, 5.74) is 8.94. The van der Waals surface area contributed by atoms with E-state index in [1.165, 1.54) is 0 Å². The van der Waals surface area contributed by atoms with Gasteiger partial charge in [0.15, 0.2) is 0 Å². The van der Waals surface area contributed by atoms with Crippen LogP contribution in [-0.4, -0.2) is 12.1 Å². The zero-order valence-corrected chi connectivity index (χ0v) is 10.6. The molecule has 0 amide bonds. The van der Waals surface area contributed by atoms with E-state index in [1.54, 1.807) is 13.3 Å². The number of fused-ring (bicyclic) bond motifs is 1. The largest absolute Gasteiger partial charge is 0.496 e. The average molecular weight is 250 g/mol. The number of methoxy groups -OCH3 is 1. The van der Waals surface area contributed by atoms with E-state index in [2.05, 4.69) is 11.1 Å². The van der Waals surface area contributed by atoms with E-state index < -0.39 is 0 Å². The molecule has 0 saturated carbocycles. The Balaban J connectivity index is 2.26. The molecule has 0 atom stereocenters. The highest BCUT2D eigenvalue weighted by Crippen LogP contribution is 2.33. The number of aromatic nitrogens is 1. The number of nitrogens with zero attached hydrogens (tertiary/aromatic N) is 1. The van der Waals surface area contributed by atoms with Gasteiger partial charge in [-0.3, -0.25) is 4.98 Å². The Kier molecular flexibility index (Phi) is 2.80. The van der Waals surface area contributed by atoms with Crippen molar-refractivity contribution in [2.45, 2.75) is 0 Å². The quantitative estimate of drug-likeness (QED) is 0.708. The summed E-state index contributed by atoms with van der Waals surface area (Å²) in [4.78, 5) is 4.14. The van der Waals surface area contributed by atoms with Gasteiger partial charge in [-0.05, 0) is 29.8 Å². The van der Waals surface area contributed by atoms with Gasteiger partial charge in [-0.15, -0.1) is 0 Å². The van der Waals surface area contributed by atoms with Gasteiger partial charge in [0.05, 0.1) is 7.11 Å². The van der Waals surface area contributed by atoms with E-state index in [0.29, 0.717) is 0 Å². The van der Waals surface area contributed by atoms with E-state index in [4.69, 9.17) is 10.5 Å². The standard InChI is InChI=1S/C16H14N2O/c1-19-16-5-3-2-4-14(16)11-8-12-10-18-7-6-13(12)15(17)9-11/h2-10H,17H2,1H3. The summed E-state index contributed by atoms with van der Waals surface area (Å²) in [6.07, 6.45) is 3.58. The van der Waals surface area contributed by atoms with Gasteiger partial charge >= 0.3 is 0 Å². The molecule has 0 aliphatic carbocycles. The maximum atomic E-state index is 6.12. The molecule has 0 spiro atoms. The van der Waals surface area contributed by atoms with Gasteiger partial charge in [-0.2, -0.15) is 0 Å². The Labute approximate surface area is 111 Å². The molecule has 0 aliphatic rings. The number of nitrogens with two attached hydrogens (primary N) is 1. The van der Waals surface area contributed by atoms with Crippen LogP contribution in [0.25, 0.3) is 21.9 Å². The molecule has 0 aliphatic heterocycles. The second-order valence-electron chi connectivity index (χ2n) is 4.36. The predicted octanol–water partition coefficient (Wildman–Crippen LogP) is 3.49. The third-order valence-corrected chi connectivity index (χ3v) is 3.20. The first-order valence-electron chi connectivity index (χ1n) is 6.06. The second-order valence-corrected chi connectivity index (χ2v) is 4.36. The number of para-hydroxylation sites is 1. The molecular formula is C16H14N2O. The fourth-order valence-electron chi connectivity index (χ4n) is 2.28. The van der Waals surface area contributed by atoms with Crippen LogP contribution >= 0.6 is 0 Å². The van der Waals surface area contributed by atoms with Gasteiger partial charge in [0, 0.05) is 34.4 Å². The van der Waals surface area contributed by atoms with Crippen LogP contribution in [0.5, 0.6) is 5.75 Å². The van der Waals surface area contributed by atoms with Crippen molar-refractivity contribution in [2.24, 2.45) is 0 Å². The van der Waals surface area contributed by atoms with Crippen molar-refractivity contribution in [1.29, 1.82) is 0 Å². The number of hydrogen-bond donors (Lipinski definition) is 1. The molecule has 1 aromatic heterocycles. The Morgan fingerprint density at radius 1 is 1.11 bits per heavy atom. The molecule has 3 aromatic rings. The maximum Gasteiger partial charge on any atom is 0.126 e. The SMILES string of the molecule is COc1ccccc1-c1cc(N)c2ccncc2c1. The second kappa shape index (κ2) is 4.61. The maximum absolute atomic E-state index is 6.12. The topological polar surface area (TPSA) is 48.1 Å². The number of ether oxygens (including phenoxy) is 1. The first kappa shape index (κ1) is 11.5. The molecule has 3 heteroatoms. The molecule has 3 nitrogen and oxygen atoms in total. The molecule has 0 fully saturated rings. The third-order valence-electron chi connectivity index (χ3n) is 3.20. The molecule has 0 saturated heterocycles. The molecule has 0 unspecified atom stereocenters. The zero-order valence-electron chi connectivity index (χ0n) is 10.6. The number of hydrogen-bond acceptors (Lipinski definition) is 3. The molecule has 0 bridgehead atoms. The van der Waals surface area contributed by atoms with Crippen LogP contribution in [0.2, 0.25) is 0 Å². The Hall–Kier alpha value is -2.55. The number of pyridine rings is 1. The number of anilines is 1. The summed E-state index contributed by atoms with van der Waals surface area (Å²) in [7, 11) is 1.67. The Morgan fingerprint density at radius 2 is 1.95 bits per heavy atom. The van der Waals surface area contributed by atoms with Crippen molar-refractivity contribution < 1.29 is 4.74 Å². The van der Waals surface area contributed by atoms with Crippen LogP contribution in [0.3, 0.4) is 0 Å². The lowest BCUT2D eigenvalue weighted by Gasteiger charge is -2.10. The zero-order chi connectivity index (χ0) is 13.2. The fourth-order valence-corrected chi connectivity index (χ4v) is 2.28. The summed E-state index contributed by atoms with van der Waals surface area (Å²) in [6, 6.07) is 13.9. The van der Waals surface area contributed by atoms with Gasteiger partial charge in [-0.25, -0.2) is 0 Å². The summed E-state index contributed by atoms with van der Waals surface area (Å²) < 4.78 is 5.40. The lowest BCUT2D eigenvalue weighted by molar-refractivity contribution is 0.416. The van der Waals surface area contributed by atoms with Gasteiger partial charge in [0.1, 0.15) is 5.75 Å². The van der Waals surface area contributed by atoms with Crippen LogP contribution in [0.1, 0.15) is 0 Å². The minimum absolute atomic E-state index is 0.751. The van der Waals surface area contributed by atoms with E-state index in [0.717, 1.165) is 33.3 Å².